The SMILES string of the molecule is COc1ccc(/C=C(\C#N)C(=O)Nc2sc3c(c2C#N)CCCC3)cc1Br. The van der Waals surface area contributed by atoms with Crippen LogP contribution in [0.5, 0.6) is 5.75 Å². The van der Waals surface area contributed by atoms with Crippen LogP contribution in [0.3, 0.4) is 0 Å². The van der Waals surface area contributed by atoms with Crippen LogP contribution in [-0.2, 0) is 17.6 Å². The highest BCUT2D eigenvalue weighted by Crippen LogP contribution is 2.37. The van der Waals surface area contributed by atoms with E-state index >= 15 is 0 Å². The molecule has 1 aliphatic rings. The second-order valence-electron chi connectivity index (χ2n) is 6.04. The number of fused-ring (bicyclic) bond motifs is 1. The minimum atomic E-state index is -0.514. The first-order valence-corrected chi connectivity index (χ1v) is 9.99. The molecule has 7 heteroatoms. The summed E-state index contributed by atoms with van der Waals surface area (Å²) in [5, 5.41) is 22.2. The second kappa shape index (κ2) is 8.39. The second-order valence-corrected chi connectivity index (χ2v) is 8.00. The highest BCUT2D eigenvalue weighted by molar-refractivity contribution is 9.10. The van der Waals surface area contributed by atoms with Gasteiger partial charge in [0.15, 0.2) is 0 Å². The minimum absolute atomic E-state index is 0.0256. The van der Waals surface area contributed by atoms with Crippen molar-refractivity contribution in [2.24, 2.45) is 0 Å². The molecule has 1 amide bonds. The maximum Gasteiger partial charge on any atom is 0.266 e. The number of methoxy groups -OCH3 is 1. The number of nitrogens with zero attached hydrogens (tertiary/aromatic N) is 2. The summed E-state index contributed by atoms with van der Waals surface area (Å²) in [5.41, 5.74) is 2.25. The van der Waals surface area contributed by atoms with Gasteiger partial charge in [-0.05, 0) is 70.9 Å². The van der Waals surface area contributed by atoms with Gasteiger partial charge in [0.2, 0.25) is 0 Å². The molecule has 1 N–H and O–H groups in total. The molecule has 27 heavy (non-hydrogen) atoms. The zero-order valence-corrected chi connectivity index (χ0v) is 17.0. The Hall–Kier alpha value is -2.61. The Morgan fingerprint density at radius 1 is 1.33 bits per heavy atom. The third-order valence-electron chi connectivity index (χ3n) is 4.36. The highest BCUT2D eigenvalue weighted by Gasteiger charge is 2.22. The Balaban J connectivity index is 1.86. The van der Waals surface area contributed by atoms with Crippen molar-refractivity contribution in [2.75, 3.05) is 12.4 Å². The lowest BCUT2D eigenvalue weighted by Gasteiger charge is -2.09. The number of anilines is 1. The van der Waals surface area contributed by atoms with E-state index in [1.807, 2.05) is 6.07 Å². The molecule has 0 bridgehead atoms. The number of hydrogen-bond acceptors (Lipinski definition) is 5. The number of hydrogen-bond donors (Lipinski definition) is 1. The van der Waals surface area contributed by atoms with Crippen molar-refractivity contribution in [1.29, 1.82) is 10.5 Å². The number of nitrogens with one attached hydrogen (secondary N) is 1. The summed E-state index contributed by atoms with van der Waals surface area (Å²) in [6, 6.07) is 9.44. The van der Waals surface area contributed by atoms with E-state index in [-0.39, 0.29) is 5.57 Å². The van der Waals surface area contributed by atoms with Crippen molar-refractivity contribution in [3.63, 3.8) is 0 Å². The van der Waals surface area contributed by atoms with Gasteiger partial charge in [0, 0.05) is 4.88 Å². The predicted molar refractivity (Wildman–Crippen MR) is 109 cm³/mol. The van der Waals surface area contributed by atoms with E-state index in [1.165, 1.54) is 17.4 Å². The maximum atomic E-state index is 12.6. The third-order valence-corrected chi connectivity index (χ3v) is 6.19. The number of amides is 1. The number of thiophene rings is 1. The van der Waals surface area contributed by atoms with E-state index < -0.39 is 5.91 Å². The van der Waals surface area contributed by atoms with Crippen LogP contribution in [-0.4, -0.2) is 13.0 Å². The summed E-state index contributed by atoms with van der Waals surface area (Å²) in [6.07, 6.45) is 5.47. The molecule has 2 aromatic rings. The van der Waals surface area contributed by atoms with Gasteiger partial charge >= 0.3 is 0 Å². The van der Waals surface area contributed by atoms with Crippen LogP contribution in [0.25, 0.3) is 6.08 Å². The molecule has 0 saturated heterocycles. The van der Waals surface area contributed by atoms with Crippen LogP contribution in [0.1, 0.15) is 34.4 Å². The zero-order valence-electron chi connectivity index (χ0n) is 14.6. The van der Waals surface area contributed by atoms with Crippen molar-refractivity contribution in [3.05, 3.63) is 49.8 Å². The average Bonchev–Trinajstić information content (AvgIpc) is 3.02. The molecule has 136 valence electrons. The first kappa shape index (κ1) is 19.2. The summed E-state index contributed by atoms with van der Waals surface area (Å²) < 4.78 is 5.91. The van der Waals surface area contributed by atoms with Crippen LogP contribution < -0.4 is 10.1 Å². The molecule has 1 heterocycles. The van der Waals surface area contributed by atoms with E-state index in [4.69, 9.17) is 4.74 Å². The van der Waals surface area contributed by atoms with Gasteiger partial charge < -0.3 is 10.1 Å². The molecular formula is C20H16BrN3O2S. The van der Waals surface area contributed by atoms with E-state index in [9.17, 15) is 15.3 Å². The average molecular weight is 442 g/mol. The number of carbonyl (C=O) groups excluding carboxylic acids is 1. The molecule has 0 saturated carbocycles. The van der Waals surface area contributed by atoms with Gasteiger partial charge in [-0.15, -0.1) is 11.3 Å². The normalized spacial score (nSPS) is 13.3. The van der Waals surface area contributed by atoms with Crippen molar-refractivity contribution in [2.45, 2.75) is 25.7 Å². The lowest BCUT2D eigenvalue weighted by molar-refractivity contribution is -0.112. The number of benzene rings is 1. The minimum Gasteiger partial charge on any atom is -0.496 e. The third kappa shape index (κ3) is 4.05. The first-order valence-electron chi connectivity index (χ1n) is 8.38. The molecule has 1 aliphatic carbocycles. The van der Waals surface area contributed by atoms with Gasteiger partial charge in [-0.2, -0.15) is 10.5 Å². The Bertz CT molecular complexity index is 1010. The van der Waals surface area contributed by atoms with Gasteiger partial charge in [0.1, 0.15) is 28.5 Å². The Morgan fingerprint density at radius 3 is 2.78 bits per heavy atom. The predicted octanol–water partition coefficient (Wildman–Crippen LogP) is 4.82. The molecule has 0 atom stereocenters. The molecule has 1 aromatic heterocycles. The zero-order chi connectivity index (χ0) is 19.4. The summed E-state index contributed by atoms with van der Waals surface area (Å²) >= 11 is 4.83. The molecule has 1 aromatic carbocycles. The molecule has 5 nitrogen and oxygen atoms in total. The highest BCUT2D eigenvalue weighted by atomic mass is 79.9. The van der Waals surface area contributed by atoms with Crippen molar-refractivity contribution < 1.29 is 9.53 Å². The quantitative estimate of drug-likeness (QED) is 0.544. The smallest absolute Gasteiger partial charge is 0.266 e. The lowest BCUT2D eigenvalue weighted by atomic mass is 9.96. The molecule has 0 fully saturated rings. The number of rotatable bonds is 4. The summed E-state index contributed by atoms with van der Waals surface area (Å²) in [5.74, 6) is 0.150. The fourth-order valence-corrected chi connectivity index (χ4v) is 4.82. The van der Waals surface area contributed by atoms with E-state index in [2.05, 4.69) is 27.3 Å². The number of ether oxygens (including phenoxy) is 1. The topological polar surface area (TPSA) is 85.9 Å². The number of nitriles is 2. The van der Waals surface area contributed by atoms with Crippen molar-refractivity contribution in [1.82, 2.24) is 0 Å². The Morgan fingerprint density at radius 2 is 2.11 bits per heavy atom. The van der Waals surface area contributed by atoms with Gasteiger partial charge in [-0.1, -0.05) is 6.07 Å². The number of aryl methyl sites for hydroxylation is 1. The Labute approximate surface area is 170 Å². The monoisotopic (exact) mass is 441 g/mol. The van der Waals surface area contributed by atoms with Gasteiger partial charge in [0.05, 0.1) is 17.1 Å². The Kier molecular flexibility index (Phi) is 5.95. The van der Waals surface area contributed by atoms with E-state index in [0.717, 1.165) is 40.6 Å². The van der Waals surface area contributed by atoms with Gasteiger partial charge in [-0.25, -0.2) is 0 Å². The fourth-order valence-electron chi connectivity index (χ4n) is 3.03. The fraction of sp³-hybridized carbons (Fsp3) is 0.250. The molecule has 0 unspecified atom stereocenters. The summed E-state index contributed by atoms with van der Waals surface area (Å²) in [7, 11) is 1.57. The largest absolute Gasteiger partial charge is 0.496 e. The first-order chi connectivity index (χ1) is 13.1. The molecule has 0 aliphatic heterocycles. The molecule has 3 rings (SSSR count). The summed E-state index contributed by atoms with van der Waals surface area (Å²) in [4.78, 5) is 13.8. The molecule has 0 radical (unpaired) electrons. The van der Waals surface area contributed by atoms with Crippen molar-refractivity contribution in [3.8, 4) is 17.9 Å². The molecular weight excluding hydrogens is 426 g/mol. The number of halogens is 1. The van der Waals surface area contributed by atoms with Crippen molar-refractivity contribution >= 4 is 44.3 Å². The number of carbonyl (C=O) groups is 1. The van der Waals surface area contributed by atoms with Gasteiger partial charge in [0.25, 0.3) is 5.91 Å². The standard InChI is InChI=1S/C20H16BrN3O2S/c1-26-17-7-6-12(9-16(17)21)8-13(10-22)19(25)24-20-15(11-23)14-4-2-3-5-18(14)27-20/h6-9H,2-5H2,1H3,(H,24,25)/b13-8+. The van der Waals surface area contributed by atoms with Crippen LogP contribution in [0, 0.1) is 22.7 Å². The lowest BCUT2D eigenvalue weighted by Crippen LogP contribution is -2.13. The summed E-state index contributed by atoms with van der Waals surface area (Å²) in [6.45, 7) is 0. The van der Waals surface area contributed by atoms with Crippen LogP contribution in [0.2, 0.25) is 0 Å². The van der Waals surface area contributed by atoms with Crippen LogP contribution in [0.4, 0.5) is 5.00 Å². The van der Waals surface area contributed by atoms with E-state index in [0.29, 0.717) is 21.9 Å². The maximum absolute atomic E-state index is 12.6. The van der Waals surface area contributed by atoms with E-state index in [1.54, 1.807) is 25.3 Å². The van der Waals surface area contributed by atoms with Gasteiger partial charge in [-0.3, -0.25) is 4.79 Å². The molecule has 0 spiro atoms. The van der Waals surface area contributed by atoms with Crippen LogP contribution in [0.15, 0.2) is 28.2 Å². The van der Waals surface area contributed by atoms with Crippen LogP contribution >= 0.6 is 27.3 Å².